The number of cyclic esters (lactones) is 2. The molecule has 10 nitrogen and oxygen atoms in total. The number of pyridine rings is 1. The number of benzene rings is 1. The monoisotopic (exact) mass is 484 g/mol. The van der Waals surface area contributed by atoms with Gasteiger partial charge in [0.05, 0.1) is 5.92 Å². The summed E-state index contributed by atoms with van der Waals surface area (Å²) in [5, 5.41) is 12.3. The number of carbonyl (C=O) groups is 4. The highest BCUT2D eigenvalue weighted by atomic mass is 16.6. The van der Waals surface area contributed by atoms with Crippen molar-refractivity contribution in [1.82, 2.24) is 10.3 Å². The molecule has 0 unspecified atom stereocenters. The fourth-order valence-electron chi connectivity index (χ4n) is 3.55. The quantitative estimate of drug-likeness (QED) is 0.464. The van der Waals surface area contributed by atoms with Crippen LogP contribution in [0.25, 0.3) is 0 Å². The van der Waals surface area contributed by atoms with Gasteiger partial charge < -0.3 is 24.6 Å². The summed E-state index contributed by atoms with van der Waals surface area (Å²) in [4.78, 5) is 54.8. The lowest BCUT2D eigenvalue weighted by molar-refractivity contribution is -0.176. The lowest BCUT2D eigenvalue weighted by Gasteiger charge is -2.29. The minimum absolute atomic E-state index is 0.177. The number of esters is 3. The van der Waals surface area contributed by atoms with Crippen LogP contribution in [0.5, 0.6) is 5.75 Å². The zero-order valence-corrected chi connectivity index (χ0v) is 19.7. The molecule has 3 rings (SSSR count). The van der Waals surface area contributed by atoms with Crippen molar-refractivity contribution < 1.29 is 38.5 Å². The molecule has 0 radical (unpaired) electrons. The molecular weight excluding hydrogens is 456 g/mol. The Balaban J connectivity index is 1.87. The van der Waals surface area contributed by atoms with E-state index in [0.717, 1.165) is 5.56 Å². The molecule has 35 heavy (non-hydrogen) atoms. The van der Waals surface area contributed by atoms with Crippen molar-refractivity contribution in [1.29, 1.82) is 0 Å². The molecule has 2 aromatic rings. The number of carbonyl (C=O) groups excluding carboxylic acids is 4. The van der Waals surface area contributed by atoms with E-state index in [9.17, 15) is 24.3 Å². The van der Waals surface area contributed by atoms with Gasteiger partial charge in [0.25, 0.3) is 5.91 Å². The van der Waals surface area contributed by atoms with Gasteiger partial charge in [-0.25, -0.2) is 9.78 Å². The zero-order valence-electron chi connectivity index (χ0n) is 19.7. The molecule has 1 aromatic heterocycles. The third-order valence-electron chi connectivity index (χ3n) is 5.47. The Hall–Kier alpha value is -3.95. The second-order valence-corrected chi connectivity index (χ2v) is 8.52. The van der Waals surface area contributed by atoms with E-state index >= 15 is 0 Å². The summed E-state index contributed by atoms with van der Waals surface area (Å²) in [6, 6.07) is 10.4. The molecule has 0 saturated carbocycles. The van der Waals surface area contributed by atoms with Gasteiger partial charge in [0.1, 0.15) is 24.4 Å². The summed E-state index contributed by atoms with van der Waals surface area (Å²) in [7, 11) is 0. The fraction of sp³-hybridized carbons (Fsp3) is 0.400. The van der Waals surface area contributed by atoms with E-state index in [1.54, 1.807) is 13.8 Å². The van der Waals surface area contributed by atoms with E-state index in [0.29, 0.717) is 0 Å². The van der Waals surface area contributed by atoms with Gasteiger partial charge in [-0.05, 0) is 31.0 Å². The Labute approximate surface area is 202 Å². The van der Waals surface area contributed by atoms with Crippen LogP contribution in [-0.4, -0.2) is 58.8 Å². The minimum Gasteiger partial charge on any atom is -0.505 e. The van der Waals surface area contributed by atoms with Crippen molar-refractivity contribution in [2.24, 2.45) is 11.8 Å². The van der Waals surface area contributed by atoms with Crippen molar-refractivity contribution in [3.05, 3.63) is 59.9 Å². The van der Waals surface area contributed by atoms with Crippen LogP contribution in [0.3, 0.4) is 0 Å². The van der Waals surface area contributed by atoms with Crippen LogP contribution in [-0.2, 0) is 35.0 Å². The standard InChI is InChI=1S/C25H28N2O8/c1-14(2)23(30)35-21-15(3)34-25(32)18(27-22(29)20-19(28)10-7-11-26-20)13-33-24(31)17(21)12-16-8-5-4-6-9-16/h4-11,14-15,17-18,21,28H,12-13H2,1-3H3,(H,27,29)/t15-,17+,18-,21-/m0/s1. The van der Waals surface area contributed by atoms with Gasteiger partial charge in [0.15, 0.2) is 17.8 Å². The van der Waals surface area contributed by atoms with Crippen LogP contribution in [0.1, 0.15) is 36.8 Å². The van der Waals surface area contributed by atoms with Crippen LogP contribution in [0.4, 0.5) is 0 Å². The topological polar surface area (TPSA) is 141 Å². The van der Waals surface area contributed by atoms with Crippen LogP contribution >= 0.6 is 0 Å². The molecule has 4 atom stereocenters. The molecule has 0 aliphatic carbocycles. The Morgan fingerprint density at radius 1 is 1.14 bits per heavy atom. The lowest BCUT2D eigenvalue weighted by Crippen LogP contribution is -2.47. The number of amides is 1. The number of rotatable bonds is 6. The fourth-order valence-corrected chi connectivity index (χ4v) is 3.55. The molecule has 186 valence electrons. The van der Waals surface area contributed by atoms with E-state index in [1.165, 1.54) is 25.3 Å². The smallest absolute Gasteiger partial charge is 0.332 e. The molecular formula is C25H28N2O8. The van der Waals surface area contributed by atoms with Crippen LogP contribution in [0.15, 0.2) is 48.7 Å². The van der Waals surface area contributed by atoms with E-state index in [1.807, 2.05) is 30.3 Å². The second-order valence-electron chi connectivity index (χ2n) is 8.52. The third-order valence-corrected chi connectivity index (χ3v) is 5.47. The van der Waals surface area contributed by atoms with Gasteiger partial charge in [0.2, 0.25) is 0 Å². The summed E-state index contributed by atoms with van der Waals surface area (Å²) < 4.78 is 16.5. The Morgan fingerprint density at radius 2 is 1.86 bits per heavy atom. The Morgan fingerprint density at radius 3 is 2.51 bits per heavy atom. The van der Waals surface area contributed by atoms with E-state index in [2.05, 4.69) is 10.3 Å². The molecule has 1 fully saturated rings. The molecule has 1 amide bonds. The highest BCUT2D eigenvalue weighted by Crippen LogP contribution is 2.25. The third kappa shape index (κ3) is 6.56. The normalized spacial score (nSPS) is 22.7. The van der Waals surface area contributed by atoms with Crippen molar-refractivity contribution in [3.63, 3.8) is 0 Å². The molecule has 10 heteroatoms. The largest absolute Gasteiger partial charge is 0.505 e. The van der Waals surface area contributed by atoms with E-state index in [-0.39, 0.29) is 17.9 Å². The molecule has 1 aromatic carbocycles. The summed E-state index contributed by atoms with van der Waals surface area (Å²) in [5.74, 6) is -4.82. The average molecular weight is 485 g/mol. The van der Waals surface area contributed by atoms with E-state index in [4.69, 9.17) is 14.2 Å². The summed E-state index contributed by atoms with van der Waals surface area (Å²) in [6.07, 6.45) is -0.653. The lowest BCUT2D eigenvalue weighted by atomic mass is 9.91. The number of aromatic hydroxyl groups is 1. The molecule has 0 bridgehead atoms. The van der Waals surface area contributed by atoms with Crippen molar-refractivity contribution >= 4 is 23.8 Å². The predicted molar refractivity (Wildman–Crippen MR) is 122 cm³/mol. The first kappa shape index (κ1) is 25.7. The summed E-state index contributed by atoms with van der Waals surface area (Å²) in [5.41, 5.74) is 0.499. The molecule has 1 aliphatic heterocycles. The maximum atomic E-state index is 13.1. The number of nitrogens with zero attached hydrogens (tertiary/aromatic N) is 1. The van der Waals surface area contributed by atoms with Gasteiger partial charge in [-0.2, -0.15) is 0 Å². The maximum absolute atomic E-state index is 13.1. The second kappa shape index (κ2) is 11.5. The van der Waals surface area contributed by atoms with E-state index < -0.39 is 60.5 Å². The first-order valence-electron chi connectivity index (χ1n) is 11.2. The van der Waals surface area contributed by atoms with Crippen molar-refractivity contribution in [2.45, 2.75) is 45.4 Å². The maximum Gasteiger partial charge on any atom is 0.332 e. The molecule has 2 N–H and O–H groups in total. The van der Waals surface area contributed by atoms with Crippen LogP contribution in [0, 0.1) is 11.8 Å². The molecule has 0 spiro atoms. The van der Waals surface area contributed by atoms with Gasteiger partial charge >= 0.3 is 17.9 Å². The summed E-state index contributed by atoms with van der Waals surface area (Å²) in [6.45, 7) is 4.30. The molecule has 2 heterocycles. The highest BCUT2D eigenvalue weighted by molar-refractivity contribution is 5.97. The van der Waals surface area contributed by atoms with Crippen LogP contribution < -0.4 is 5.32 Å². The van der Waals surface area contributed by atoms with Crippen molar-refractivity contribution in [2.75, 3.05) is 6.61 Å². The van der Waals surface area contributed by atoms with Crippen molar-refractivity contribution in [3.8, 4) is 5.75 Å². The first-order chi connectivity index (χ1) is 16.7. The van der Waals surface area contributed by atoms with Gasteiger partial charge in [-0.1, -0.05) is 44.2 Å². The predicted octanol–water partition coefficient (Wildman–Crippen LogP) is 1.80. The Kier molecular flexibility index (Phi) is 8.40. The van der Waals surface area contributed by atoms with Gasteiger partial charge in [0, 0.05) is 6.20 Å². The summed E-state index contributed by atoms with van der Waals surface area (Å²) >= 11 is 0. The number of hydrogen-bond acceptors (Lipinski definition) is 9. The SMILES string of the molecule is CC(C)C(=O)O[C@H]1[C@H](C)OC(=O)[C@@H](NC(=O)c2ncccc2O)COC(=O)[C@@H]1Cc1ccccc1. The number of hydrogen-bond donors (Lipinski definition) is 2. The zero-order chi connectivity index (χ0) is 25.5. The minimum atomic E-state index is -1.37. The van der Waals surface area contributed by atoms with Crippen LogP contribution in [0.2, 0.25) is 0 Å². The van der Waals surface area contributed by atoms with Gasteiger partial charge in [-0.3, -0.25) is 14.4 Å². The number of nitrogens with one attached hydrogen (secondary N) is 1. The van der Waals surface area contributed by atoms with Gasteiger partial charge in [-0.15, -0.1) is 0 Å². The molecule has 1 aliphatic rings. The Bertz CT molecular complexity index is 1070. The average Bonchev–Trinajstić information content (AvgIpc) is 2.86. The first-order valence-corrected chi connectivity index (χ1v) is 11.2. The molecule has 1 saturated heterocycles. The number of ether oxygens (including phenoxy) is 3. The highest BCUT2D eigenvalue weighted by Gasteiger charge is 2.42. The number of aromatic nitrogens is 1.